The number of thiazole rings is 1. The van der Waals surface area contributed by atoms with E-state index in [9.17, 15) is 14.4 Å². The summed E-state index contributed by atoms with van der Waals surface area (Å²) in [4.78, 5) is 43.7. The summed E-state index contributed by atoms with van der Waals surface area (Å²) in [5.41, 5.74) is 2.21. The molecular weight excluding hydrogens is 484 g/mol. The van der Waals surface area contributed by atoms with Gasteiger partial charge in [0.25, 0.3) is 5.91 Å². The molecule has 184 valence electrons. The standard InChI is InChI=1S/C26H29ClN4O3S/c1-18(2)15-31(25(34)20-8-10-21(27)11-9-20)16-24(33)30-26-29-22(17-35-26)14-23(32)28-13-12-19-6-4-3-5-7-19/h3-11,17-18H,12-16H2,1-2H3,(H,28,32)(H,29,30,33). The molecule has 0 aliphatic heterocycles. The van der Waals surface area contributed by atoms with Crippen LogP contribution in [0.2, 0.25) is 5.02 Å². The molecule has 7 nitrogen and oxygen atoms in total. The van der Waals surface area contributed by atoms with E-state index in [1.54, 1.807) is 29.6 Å². The van der Waals surface area contributed by atoms with Gasteiger partial charge in [0.15, 0.2) is 5.13 Å². The molecule has 0 saturated carbocycles. The summed E-state index contributed by atoms with van der Waals surface area (Å²) in [6.07, 6.45) is 0.891. The number of hydrogen-bond donors (Lipinski definition) is 2. The third kappa shape index (κ3) is 8.81. The van der Waals surface area contributed by atoms with Crippen LogP contribution in [0.4, 0.5) is 5.13 Å². The number of nitrogens with zero attached hydrogens (tertiary/aromatic N) is 2. The molecule has 0 aliphatic carbocycles. The number of benzene rings is 2. The maximum absolute atomic E-state index is 12.9. The Hall–Kier alpha value is -3.23. The first-order valence-electron chi connectivity index (χ1n) is 11.4. The maximum atomic E-state index is 12.9. The molecule has 0 aliphatic rings. The first kappa shape index (κ1) is 26.4. The monoisotopic (exact) mass is 512 g/mol. The minimum atomic E-state index is -0.346. The van der Waals surface area contributed by atoms with Gasteiger partial charge in [-0.25, -0.2) is 4.98 Å². The normalized spacial score (nSPS) is 10.7. The Labute approximate surface area is 214 Å². The van der Waals surface area contributed by atoms with Crippen LogP contribution < -0.4 is 10.6 Å². The summed E-state index contributed by atoms with van der Waals surface area (Å²) in [5, 5.41) is 8.31. The lowest BCUT2D eigenvalue weighted by atomic mass is 10.1. The molecule has 1 heterocycles. The largest absolute Gasteiger partial charge is 0.355 e. The van der Waals surface area contributed by atoms with E-state index >= 15 is 0 Å². The SMILES string of the molecule is CC(C)CN(CC(=O)Nc1nc(CC(=O)NCCc2ccccc2)cs1)C(=O)c1ccc(Cl)cc1. The van der Waals surface area contributed by atoms with Gasteiger partial charge in [-0.3, -0.25) is 14.4 Å². The lowest BCUT2D eigenvalue weighted by Crippen LogP contribution is -2.40. The Balaban J connectivity index is 1.50. The Morgan fingerprint density at radius 2 is 1.74 bits per heavy atom. The van der Waals surface area contributed by atoms with Crippen molar-refractivity contribution in [2.24, 2.45) is 5.92 Å². The summed E-state index contributed by atoms with van der Waals surface area (Å²) in [5.74, 6) is -0.523. The molecule has 0 atom stereocenters. The fourth-order valence-corrected chi connectivity index (χ4v) is 4.28. The fourth-order valence-electron chi connectivity index (χ4n) is 3.43. The van der Waals surface area contributed by atoms with Crippen LogP contribution in [0.15, 0.2) is 60.0 Å². The molecule has 3 rings (SSSR count). The molecule has 3 aromatic rings. The summed E-state index contributed by atoms with van der Waals surface area (Å²) >= 11 is 7.17. The zero-order chi connectivity index (χ0) is 25.2. The van der Waals surface area contributed by atoms with Gasteiger partial charge in [0, 0.05) is 29.1 Å². The molecule has 2 N–H and O–H groups in total. The fraction of sp³-hybridized carbons (Fsp3) is 0.308. The molecule has 0 unspecified atom stereocenters. The van der Waals surface area contributed by atoms with Crippen molar-refractivity contribution >= 4 is 45.8 Å². The van der Waals surface area contributed by atoms with E-state index in [0.29, 0.717) is 34.5 Å². The van der Waals surface area contributed by atoms with Gasteiger partial charge in [0.1, 0.15) is 6.54 Å². The minimum Gasteiger partial charge on any atom is -0.355 e. The molecule has 3 amide bonds. The van der Waals surface area contributed by atoms with Crippen molar-refractivity contribution in [3.8, 4) is 0 Å². The highest BCUT2D eigenvalue weighted by atomic mass is 35.5. The van der Waals surface area contributed by atoms with Crippen LogP contribution in [0.5, 0.6) is 0 Å². The van der Waals surface area contributed by atoms with Crippen molar-refractivity contribution in [2.75, 3.05) is 25.0 Å². The Morgan fingerprint density at radius 1 is 1.03 bits per heavy atom. The highest BCUT2D eigenvalue weighted by Crippen LogP contribution is 2.17. The Morgan fingerprint density at radius 3 is 2.43 bits per heavy atom. The van der Waals surface area contributed by atoms with Crippen molar-refractivity contribution < 1.29 is 14.4 Å². The highest BCUT2D eigenvalue weighted by molar-refractivity contribution is 7.13. The van der Waals surface area contributed by atoms with Crippen LogP contribution in [0, 0.1) is 5.92 Å². The molecule has 2 aromatic carbocycles. The van der Waals surface area contributed by atoms with Crippen LogP contribution in [-0.2, 0) is 22.4 Å². The van der Waals surface area contributed by atoms with Crippen LogP contribution in [0.3, 0.4) is 0 Å². The maximum Gasteiger partial charge on any atom is 0.254 e. The van der Waals surface area contributed by atoms with Gasteiger partial charge >= 0.3 is 0 Å². The number of rotatable bonds is 11. The average Bonchev–Trinajstić information content (AvgIpc) is 3.25. The smallest absolute Gasteiger partial charge is 0.254 e. The second kappa shape index (κ2) is 13.0. The van der Waals surface area contributed by atoms with Crippen LogP contribution in [-0.4, -0.2) is 47.2 Å². The number of amides is 3. The predicted octanol–water partition coefficient (Wildman–Crippen LogP) is 4.43. The Bertz CT molecular complexity index is 1130. The number of carbonyl (C=O) groups excluding carboxylic acids is 3. The molecule has 0 radical (unpaired) electrons. The number of carbonyl (C=O) groups is 3. The number of hydrogen-bond acceptors (Lipinski definition) is 5. The van der Waals surface area contributed by atoms with Gasteiger partial charge in [-0.15, -0.1) is 11.3 Å². The van der Waals surface area contributed by atoms with Crippen molar-refractivity contribution in [1.29, 1.82) is 0 Å². The van der Waals surface area contributed by atoms with Crippen LogP contribution >= 0.6 is 22.9 Å². The number of nitrogens with one attached hydrogen (secondary N) is 2. The van der Waals surface area contributed by atoms with E-state index in [1.165, 1.54) is 16.2 Å². The third-order valence-corrected chi connectivity index (χ3v) is 6.08. The second-order valence-electron chi connectivity index (χ2n) is 8.54. The van der Waals surface area contributed by atoms with Gasteiger partial charge in [0.05, 0.1) is 12.1 Å². The number of aromatic nitrogens is 1. The topological polar surface area (TPSA) is 91.4 Å². The highest BCUT2D eigenvalue weighted by Gasteiger charge is 2.20. The summed E-state index contributed by atoms with van der Waals surface area (Å²) < 4.78 is 0. The second-order valence-corrected chi connectivity index (χ2v) is 9.84. The zero-order valence-electron chi connectivity index (χ0n) is 19.8. The van der Waals surface area contributed by atoms with Gasteiger partial charge < -0.3 is 15.5 Å². The third-order valence-electron chi connectivity index (χ3n) is 5.02. The molecule has 0 saturated heterocycles. The van der Waals surface area contributed by atoms with Gasteiger partial charge in [0.2, 0.25) is 11.8 Å². The quantitative estimate of drug-likeness (QED) is 0.397. The lowest BCUT2D eigenvalue weighted by molar-refractivity contribution is -0.120. The lowest BCUT2D eigenvalue weighted by Gasteiger charge is -2.24. The summed E-state index contributed by atoms with van der Waals surface area (Å²) in [6.45, 7) is 4.84. The molecule has 0 spiro atoms. The molecule has 0 fully saturated rings. The summed E-state index contributed by atoms with van der Waals surface area (Å²) in [7, 11) is 0. The first-order valence-corrected chi connectivity index (χ1v) is 12.7. The van der Waals surface area contributed by atoms with E-state index in [1.807, 2.05) is 44.2 Å². The van der Waals surface area contributed by atoms with Crippen molar-refractivity contribution in [3.63, 3.8) is 0 Å². The first-order chi connectivity index (χ1) is 16.8. The summed E-state index contributed by atoms with van der Waals surface area (Å²) in [6, 6.07) is 16.5. The number of halogens is 1. The molecule has 0 bridgehead atoms. The van der Waals surface area contributed by atoms with E-state index in [-0.39, 0.29) is 36.6 Å². The van der Waals surface area contributed by atoms with E-state index in [0.717, 1.165) is 12.0 Å². The van der Waals surface area contributed by atoms with E-state index in [4.69, 9.17) is 11.6 Å². The average molecular weight is 513 g/mol. The zero-order valence-corrected chi connectivity index (χ0v) is 21.4. The van der Waals surface area contributed by atoms with Gasteiger partial charge in [-0.2, -0.15) is 0 Å². The Kier molecular flexibility index (Phi) is 9.81. The predicted molar refractivity (Wildman–Crippen MR) is 140 cm³/mol. The molecule has 1 aromatic heterocycles. The van der Waals surface area contributed by atoms with Gasteiger partial charge in [-0.05, 0) is 42.2 Å². The van der Waals surface area contributed by atoms with Crippen LogP contribution in [0.25, 0.3) is 0 Å². The number of anilines is 1. The van der Waals surface area contributed by atoms with Crippen molar-refractivity contribution in [3.05, 3.63) is 81.8 Å². The van der Waals surface area contributed by atoms with Crippen molar-refractivity contribution in [2.45, 2.75) is 26.7 Å². The molecule has 9 heteroatoms. The van der Waals surface area contributed by atoms with Crippen LogP contribution in [0.1, 0.15) is 35.5 Å². The van der Waals surface area contributed by atoms with Gasteiger partial charge in [-0.1, -0.05) is 55.8 Å². The van der Waals surface area contributed by atoms with Crippen molar-refractivity contribution in [1.82, 2.24) is 15.2 Å². The molecular formula is C26H29ClN4O3S. The van der Waals surface area contributed by atoms with E-state index in [2.05, 4.69) is 15.6 Å². The van der Waals surface area contributed by atoms with E-state index < -0.39 is 0 Å². The minimum absolute atomic E-state index is 0.103. The molecule has 35 heavy (non-hydrogen) atoms.